The molecule has 1 aliphatic rings. The Morgan fingerprint density at radius 2 is 2.37 bits per heavy atom. The van der Waals surface area contributed by atoms with Crippen molar-refractivity contribution in [2.75, 3.05) is 12.3 Å². The van der Waals surface area contributed by atoms with E-state index < -0.39 is 5.54 Å². The van der Waals surface area contributed by atoms with Crippen LogP contribution in [-0.4, -0.2) is 33.7 Å². The van der Waals surface area contributed by atoms with Crippen LogP contribution in [0.3, 0.4) is 0 Å². The lowest BCUT2D eigenvalue weighted by Crippen LogP contribution is -2.59. The molecule has 0 bridgehead atoms. The van der Waals surface area contributed by atoms with Gasteiger partial charge in [0.15, 0.2) is 0 Å². The maximum Gasteiger partial charge on any atom is 0.238 e. The molecule has 1 heterocycles. The molecule has 1 saturated carbocycles. The molecule has 1 fully saturated rings. The van der Waals surface area contributed by atoms with Crippen molar-refractivity contribution in [1.82, 2.24) is 15.3 Å². The van der Waals surface area contributed by atoms with Gasteiger partial charge in [-0.2, -0.15) is 0 Å². The van der Waals surface area contributed by atoms with Gasteiger partial charge < -0.3 is 11.1 Å². The number of amides is 1. The zero-order valence-electron chi connectivity index (χ0n) is 11.1. The minimum atomic E-state index is -0.599. The van der Waals surface area contributed by atoms with Gasteiger partial charge >= 0.3 is 0 Å². The molecule has 1 unspecified atom stereocenters. The second kappa shape index (κ2) is 6.34. The van der Waals surface area contributed by atoms with E-state index in [0.717, 1.165) is 30.8 Å². The minimum absolute atomic E-state index is 0.250. The summed E-state index contributed by atoms with van der Waals surface area (Å²) >= 11 is 1.54. The molecule has 0 aromatic carbocycles. The Balaban J connectivity index is 2.06. The molecule has 1 atom stereocenters. The highest BCUT2D eigenvalue weighted by Crippen LogP contribution is 2.42. The standard InChI is InChI=1S/C13H20N4OS/c1-2-5-17-13(12(14)18,10-3-4-10)9-19-11-8-15-6-7-16-11/h6-8,10,17H,2-5,9H2,1H3,(H2,14,18). The molecule has 2 rings (SSSR count). The highest BCUT2D eigenvalue weighted by atomic mass is 32.2. The molecular weight excluding hydrogens is 260 g/mol. The van der Waals surface area contributed by atoms with Gasteiger partial charge in [0.1, 0.15) is 10.6 Å². The van der Waals surface area contributed by atoms with Gasteiger partial charge in [0.2, 0.25) is 5.91 Å². The van der Waals surface area contributed by atoms with E-state index in [0.29, 0.717) is 11.7 Å². The molecule has 19 heavy (non-hydrogen) atoms. The smallest absolute Gasteiger partial charge is 0.238 e. The number of nitrogens with one attached hydrogen (secondary N) is 1. The number of primary amides is 1. The topological polar surface area (TPSA) is 80.9 Å². The van der Waals surface area contributed by atoms with Crippen LogP contribution >= 0.6 is 11.8 Å². The third-order valence-corrected chi connectivity index (χ3v) is 4.50. The van der Waals surface area contributed by atoms with Gasteiger partial charge in [0.05, 0.1) is 6.20 Å². The van der Waals surface area contributed by atoms with Gasteiger partial charge in [-0.15, -0.1) is 11.8 Å². The lowest BCUT2D eigenvalue weighted by atomic mass is 9.94. The number of carbonyl (C=O) groups excluding carboxylic acids is 1. The Hall–Kier alpha value is -1.14. The molecule has 0 saturated heterocycles. The van der Waals surface area contributed by atoms with E-state index in [1.165, 1.54) is 11.8 Å². The molecule has 0 aliphatic heterocycles. The fourth-order valence-corrected chi connectivity index (χ4v) is 3.27. The Labute approximate surface area is 117 Å². The van der Waals surface area contributed by atoms with Gasteiger partial charge in [-0.3, -0.25) is 9.78 Å². The fourth-order valence-electron chi connectivity index (χ4n) is 2.14. The third kappa shape index (κ3) is 3.45. The zero-order valence-corrected chi connectivity index (χ0v) is 11.9. The average molecular weight is 280 g/mol. The molecular formula is C13H20N4OS. The number of nitrogens with two attached hydrogens (primary N) is 1. The molecule has 1 aromatic rings. The lowest BCUT2D eigenvalue weighted by Gasteiger charge is -2.31. The maximum absolute atomic E-state index is 11.9. The van der Waals surface area contributed by atoms with Crippen LogP contribution in [0.4, 0.5) is 0 Å². The number of rotatable bonds is 8. The van der Waals surface area contributed by atoms with Crippen LogP contribution in [0.15, 0.2) is 23.6 Å². The molecule has 1 aromatic heterocycles. The quantitative estimate of drug-likeness (QED) is 0.699. The lowest BCUT2D eigenvalue weighted by molar-refractivity contribution is -0.124. The molecule has 6 heteroatoms. The molecule has 0 radical (unpaired) electrons. The van der Waals surface area contributed by atoms with Crippen LogP contribution in [0.5, 0.6) is 0 Å². The van der Waals surface area contributed by atoms with E-state index in [1.54, 1.807) is 18.6 Å². The summed E-state index contributed by atoms with van der Waals surface area (Å²) in [6.45, 7) is 2.89. The summed E-state index contributed by atoms with van der Waals surface area (Å²) in [6, 6.07) is 0. The first kappa shape index (κ1) is 14.3. The third-order valence-electron chi connectivity index (χ3n) is 3.39. The Bertz CT molecular complexity index is 424. The van der Waals surface area contributed by atoms with Crippen molar-refractivity contribution in [2.24, 2.45) is 11.7 Å². The van der Waals surface area contributed by atoms with E-state index >= 15 is 0 Å². The average Bonchev–Trinajstić information content (AvgIpc) is 3.25. The molecule has 1 amide bonds. The Kier molecular flexibility index (Phi) is 4.76. The molecule has 1 aliphatic carbocycles. The van der Waals surface area contributed by atoms with E-state index in [9.17, 15) is 4.79 Å². The van der Waals surface area contributed by atoms with Crippen LogP contribution in [0.2, 0.25) is 0 Å². The number of hydrogen-bond acceptors (Lipinski definition) is 5. The van der Waals surface area contributed by atoms with Crippen LogP contribution in [0.25, 0.3) is 0 Å². The van der Waals surface area contributed by atoms with Gasteiger partial charge in [-0.1, -0.05) is 6.92 Å². The van der Waals surface area contributed by atoms with Gasteiger partial charge in [-0.25, -0.2) is 4.98 Å². The first-order valence-electron chi connectivity index (χ1n) is 6.63. The minimum Gasteiger partial charge on any atom is -0.368 e. The predicted molar refractivity (Wildman–Crippen MR) is 75.7 cm³/mol. The summed E-state index contributed by atoms with van der Waals surface area (Å²) in [6.07, 6.45) is 8.13. The summed E-state index contributed by atoms with van der Waals surface area (Å²) in [5.74, 6) is 0.728. The molecule has 3 N–H and O–H groups in total. The number of aromatic nitrogens is 2. The van der Waals surface area contributed by atoms with Crippen molar-refractivity contribution in [3.05, 3.63) is 18.6 Å². The number of thioether (sulfide) groups is 1. The van der Waals surface area contributed by atoms with Gasteiger partial charge in [0, 0.05) is 18.1 Å². The predicted octanol–water partition coefficient (Wildman–Crippen LogP) is 1.20. The van der Waals surface area contributed by atoms with Crippen molar-refractivity contribution in [2.45, 2.75) is 36.8 Å². The van der Waals surface area contributed by atoms with Crippen molar-refractivity contribution >= 4 is 17.7 Å². The fraction of sp³-hybridized carbons (Fsp3) is 0.615. The number of carbonyl (C=O) groups is 1. The summed E-state index contributed by atoms with van der Waals surface area (Å²) in [7, 11) is 0. The molecule has 5 nitrogen and oxygen atoms in total. The SMILES string of the molecule is CCCNC(CSc1cnccn1)(C(N)=O)C1CC1. The number of nitrogens with zero attached hydrogens (tertiary/aromatic N) is 2. The number of hydrogen-bond donors (Lipinski definition) is 2. The zero-order chi connectivity index (χ0) is 13.7. The van der Waals surface area contributed by atoms with Crippen LogP contribution in [-0.2, 0) is 4.79 Å². The largest absolute Gasteiger partial charge is 0.368 e. The highest BCUT2D eigenvalue weighted by molar-refractivity contribution is 7.99. The van der Waals surface area contributed by atoms with Crippen molar-refractivity contribution < 1.29 is 4.79 Å². The monoisotopic (exact) mass is 280 g/mol. The normalized spacial score (nSPS) is 17.9. The molecule has 0 spiro atoms. The van der Waals surface area contributed by atoms with Crippen LogP contribution < -0.4 is 11.1 Å². The van der Waals surface area contributed by atoms with Crippen LogP contribution in [0.1, 0.15) is 26.2 Å². The van der Waals surface area contributed by atoms with E-state index in [4.69, 9.17) is 5.73 Å². The second-order valence-electron chi connectivity index (χ2n) is 4.87. The molecule has 104 valence electrons. The summed E-state index contributed by atoms with van der Waals surface area (Å²) in [5, 5.41) is 4.20. The summed E-state index contributed by atoms with van der Waals surface area (Å²) in [5.41, 5.74) is 5.07. The van der Waals surface area contributed by atoms with E-state index in [-0.39, 0.29) is 5.91 Å². The van der Waals surface area contributed by atoms with Crippen molar-refractivity contribution in [3.8, 4) is 0 Å². The van der Waals surface area contributed by atoms with Gasteiger partial charge in [0.25, 0.3) is 0 Å². The van der Waals surface area contributed by atoms with Gasteiger partial charge in [-0.05, 0) is 31.7 Å². The Morgan fingerprint density at radius 3 is 2.89 bits per heavy atom. The first-order chi connectivity index (χ1) is 9.19. The van der Waals surface area contributed by atoms with Crippen molar-refractivity contribution in [3.63, 3.8) is 0 Å². The van der Waals surface area contributed by atoms with Crippen molar-refractivity contribution in [1.29, 1.82) is 0 Å². The van der Waals surface area contributed by atoms with Crippen LogP contribution in [0, 0.1) is 5.92 Å². The first-order valence-corrected chi connectivity index (χ1v) is 7.61. The van der Waals surface area contributed by atoms with E-state index in [2.05, 4.69) is 22.2 Å². The second-order valence-corrected chi connectivity index (χ2v) is 5.86. The van der Waals surface area contributed by atoms with E-state index in [1.807, 2.05) is 0 Å². The maximum atomic E-state index is 11.9. The highest BCUT2D eigenvalue weighted by Gasteiger charge is 2.49. The summed E-state index contributed by atoms with van der Waals surface area (Å²) < 4.78 is 0. The summed E-state index contributed by atoms with van der Waals surface area (Å²) in [4.78, 5) is 20.2. The Morgan fingerprint density at radius 1 is 1.58 bits per heavy atom.